The zero-order valence-corrected chi connectivity index (χ0v) is 11.6. The van der Waals surface area contributed by atoms with Gasteiger partial charge in [0.2, 0.25) is 0 Å². The first kappa shape index (κ1) is 11.0. The zero-order chi connectivity index (χ0) is 10.2. The summed E-state index contributed by atoms with van der Waals surface area (Å²) in [5.74, 6) is 0. The molecule has 0 nitrogen and oxygen atoms in total. The van der Waals surface area contributed by atoms with Gasteiger partial charge in [-0.1, -0.05) is 49.5 Å². The lowest BCUT2D eigenvalue weighted by molar-refractivity contribution is 0.586. The summed E-state index contributed by atoms with van der Waals surface area (Å²) in [4.78, 5) is 0. The van der Waals surface area contributed by atoms with E-state index in [1.807, 2.05) is 6.07 Å². The van der Waals surface area contributed by atoms with Crippen molar-refractivity contribution in [2.75, 3.05) is 5.33 Å². The summed E-state index contributed by atoms with van der Waals surface area (Å²) < 4.78 is 1.05. The first-order valence-corrected chi connectivity index (χ1v) is 6.94. The molecule has 2 rings (SSSR count). The molecule has 0 saturated heterocycles. The van der Waals surface area contributed by atoms with Gasteiger partial charge in [-0.05, 0) is 42.4 Å². The summed E-state index contributed by atoms with van der Waals surface area (Å²) in [6.45, 7) is 0. The van der Waals surface area contributed by atoms with E-state index in [2.05, 4.69) is 44.0 Å². The van der Waals surface area contributed by atoms with Crippen molar-refractivity contribution in [3.05, 3.63) is 33.3 Å². The third kappa shape index (κ3) is 2.34. The highest BCUT2D eigenvalue weighted by atomic mass is 79.9. The van der Waals surface area contributed by atoms with Crippen molar-refractivity contribution in [3.63, 3.8) is 0 Å². The number of benzene rings is 1. The van der Waals surface area contributed by atoms with Crippen LogP contribution in [0.1, 0.15) is 18.4 Å². The van der Waals surface area contributed by atoms with Crippen LogP contribution in [0.15, 0.2) is 22.7 Å². The van der Waals surface area contributed by atoms with E-state index in [4.69, 9.17) is 11.6 Å². The number of rotatable bonds is 3. The van der Waals surface area contributed by atoms with E-state index in [0.29, 0.717) is 5.41 Å². The Labute approximate surface area is 106 Å². The Kier molecular flexibility index (Phi) is 3.25. The van der Waals surface area contributed by atoms with Gasteiger partial charge < -0.3 is 0 Å². The van der Waals surface area contributed by atoms with Gasteiger partial charge in [-0.2, -0.15) is 0 Å². The lowest BCUT2D eigenvalue weighted by Gasteiger charge is -2.12. The molecular formula is C11H11Br2Cl. The molecule has 0 aromatic heterocycles. The van der Waals surface area contributed by atoms with E-state index in [9.17, 15) is 0 Å². The van der Waals surface area contributed by atoms with E-state index >= 15 is 0 Å². The van der Waals surface area contributed by atoms with Gasteiger partial charge in [0.15, 0.2) is 0 Å². The molecule has 1 aromatic carbocycles. The molecule has 1 saturated carbocycles. The van der Waals surface area contributed by atoms with Crippen LogP contribution in [0.4, 0.5) is 0 Å². The highest BCUT2D eigenvalue weighted by Crippen LogP contribution is 2.50. The van der Waals surface area contributed by atoms with Gasteiger partial charge in [-0.3, -0.25) is 0 Å². The molecule has 0 spiro atoms. The van der Waals surface area contributed by atoms with Crippen LogP contribution in [0.5, 0.6) is 0 Å². The third-order valence-corrected chi connectivity index (χ3v) is 4.86. The molecule has 0 aliphatic heterocycles. The minimum Gasteiger partial charge on any atom is -0.0922 e. The van der Waals surface area contributed by atoms with E-state index in [1.165, 1.54) is 18.4 Å². The molecule has 76 valence electrons. The molecule has 0 atom stereocenters. The quantitative estimate of drug-likeness (QED) is 0.693. The molecule has 3 heteroatoms. The zero-order valence-electron chi connectivity index (χ0n) is 7.69. The van der Waals surface area contributed by atoms with E-state index in [1.54, 1.807) is 0 Å². The minimum absolute atomic E-state index is 0.497. The van der Waals surface area contributed by atoms with Gasteiger partial charge in [-0.15, -0.1) is 0 Å². The highest BCUT2D eigenvalue weighted by Gasteiger charge is 2.41. The van der Waals surface area contributed by atoms with Crippen LogP contribution in [-0.4, -0.2) is 5.33 Å². The second-order valence-electron chi connectivity index (χ2n) is 4.05. The Morgan fingerprint density at radius 1 is 1.36 bits per heavy atom. The van der Waals surface area contributed by atoms with Crippen LogP contribution in [0, 0.1) is 5.41 Å². The van der Waals surface area contributed by atoms with Gasteiger partial charge >= 0.3 is 0 Å². The van der Waals surface area contributed by atoms with Crippen molar-refractivity contribution in [1.82, 2.24) is 0 Å². The smallest absolute Gasteiger partial charge is 0.0449 e. The molecule has 1 fully saturated rings. The maximum Gasteiger partial charge on any atom is 0.0449 e. The van der Waals surface area contributed by atoms with Crippen LogP contribution >= 0.6 is 43.5 Å². The van der Waals surface area contributed by atoms with Gasteiger partial charge in [-0.25, -0.2) is 0 Å². The molecule has 1 aliphatic carbocycles. The SMILES string of the molecule is Clc1cc(Br)ccc1CC1(CBr)CC1. The van der Waals surface area contributed by atoms with E-state index in [0.717, 1.165) is 21.2 Å². The predicted octanol–water partition coefficient (Wildman–Crippen LogP) is 4.82. The first-order valence-electron chi connectivity index (χ1n) is 4.65. The van der Waals surface area contributed by atoms with E-state index in [-0.39, 0.29) is 0 Å². The van der Waals surface area contributed by atoms with Gasteiger partial charge in [0, 0.05) is 14.8 Å². The van der Waals surface area contributed by atoms with Gasteiger partial charge in [0.25, 0.3) is 0 Å². The average Bonchev–Trinajstić information content (AvgIpc) is 2.91. The lowest BCUT2D eigenvalue weighted by Crippen LogP contribution is -2.06. The number of hydrogen-bond donors (Lipinski definition) is 0. The van der Waals surface area contributed by atoms with Gasteiger partial charge in [0.05, 0.1) is 0 Å². The van der Waals surface area contributed by atoms with Crippen LogP contribution in [-0.2, 0) is 6.42 Å². The lowest BCUT2D eigenvalue weighted by atomic mass is 9.99. The van der Waals surface area contributed by atoms with E-state index < -0.39 is 0 Å². The van der Waals surface area contributed by atoms with Crippen molar-refractivity contribution >= 4 is 43.5 Å². The Bertz CT molecular complexity index is 345. The second kappa shape index (κ2) is 4.15. The molecule has 0 unspecified atom stereocenters. The molecule has 1 aromatic rings. The summed E-state index contributed by atoms with van der Waals surface area (Å²) in [6.07, 6.45) is 3.75. The standard InChI is InChI=1S/C11H11Br2Cl/c12-7-11(3-4-11)6-8-1-2-9(13)5-10(8)14/h1-2,5H,3-4,6-7H2. The summed E-state index contributed by atoms with van der Waals surface area (Å²) in [5, 5.41) is 1.97. The van der Waals surface area contributed by atoms with Crippen LogP contribution in [0.3, 0.4) is 0 Å². The largest absolute Gasteiger partial charge is 0.0922 e. The summed E-state index contributed by atoms with van der Waals surface area (Å²) in [5.41, 5.74) is 1.77. The molecule has 0 heterocycles. The van der Waals surface area contributed by atoms with Crippen molar-refractivity contribution in [3.8, 4) is 0 Å². The third-order valence-electron chi connectivity index (χ3n) is 2.82. The first-order chi connectivity index (χ1) is 6.65. The summed E-state index contributed by atoms with van der Waals surface area (Å²) in [6, 6.07) is 6.15. The Hall–Kier alpha value is 0.470. The summed E-state index contributed by atoms with van der Waals surface area (Å²) >= 11 is 13.2. The fraction of sp³-hybridized carbons (Fsp3) is 0.455. The van der Waals surface area contributed by atoms with Crippen molar-refractivity contribution in [2.45, 2.75) is 19.3 Å². The van der Waals surface area contributed by atoms with Crippen LogP contribution < -0.4 is 0 Å². The highest BCUT2D eigenvalue weighted by molar-refractivity contribution is 9.10. The molecule has 0 radical (unpaired) electrons. The normalized spacial score (nSPS) is 18.2. The van der Waals surface area contributed by atoms with Crippen molar-refractivity contribution < 1.29 is 0 Å². The molecule has 1 aliphatic rings. The van der Waals surface area contributed by atoms with Gasteiger partial charge in [0.1, 0.15) is 0 Å². The van der Waals surface area contributed by atoms with Crippen molar-refractivity contribution in [2.24, 2.45) is 5.41 Å². The topological polar surface area (TPSA) is 0 Å². The van der Waals surface area contributed by atoms with Crippen LogP contribution in [0.25, 0.3) is 0 Å². The minimum atomic E-state index is 0.497. The Morgan fingerprint density at radius 3 is 2.57 bits per heavy atom. The number of halogens is 3. The maximum atomic E-state index is 6.18. The molecule has 0 N–H and O–H groups in total. The Balaban J connectivity index is 2.17. The maximum absolute atomic E-state index is 6.18. The summed E-state index contributed by atoms with van der Waals surface area (Å²) in [7, 11) is 0. The number of alkyl halides is 1. The molecule has 0 bridgehead atoms. The second-order valence-corrected chi connectivity index (χ2v) is 5.93. The van der Waals surface area contributed by atoms with Crippen LogP contribution in [0.2, 0.25) is 5.02 Å². The number of hydrogen-bond acceptors (Lipinski definition) is 0. The molecule has 14 heavy (non-hydrogen) atoms. The predicted molar refractivity (Wildman–Crippen MR) is 68.3 cm³/mol. The Morgan fingerprint density at radius 2 is 2.07 bits per heavy atom. The molecular weight excluding hydrogens is 327 g/mol. The molecule has 0 amide bonds. The monoisotopic (exact) mass is 336 g/mol. The fourth-order valence-corrected chi connectivity index (χ4v) is 3.10. The average molecular weight is 338 g/mol. The fourth-order valence-electron chi connectivity index (χ4n) is 1.60. The van der Waals surface area contributed by atoms with Crippen molar-refractivity contribution in [1.29, 1.82) is 0 Å².